The number of piperazine rings is 1. The van der Waals surface area contributed by atoms with E-state index in [1.54, 1.807) is 43.0 Å². The Bertz CT molecular complexity index is 800. The van der Waals surface area contributed by atoms with Crippen molar-refractivity contribution in [1.29, 1.82) is 0 Å². The first-order valence-electron chi connectivity index (χ1n) is 11.6. The van der Waals surface area contributed by atoms with Crippen molar-refractivity contribution in [3.05, 3.63) is 23.8 Å². The van der Waals surface area contributed by atoms with Gasteiger partial charge in [-0.25, -0.2) is 0 Å². The topological polar surface area (TPSA) is 62.3 Å². The van der Waals surface area contributed by atoms with Gasteiger partial charge in [0.25, 0.3) is 5.91 Å². The summed E-state index contributed by atoms with van der Waals surface area (Å²) in [6.07, 6.45) is 7.61. The second-order valence-electron chi connectivity index (χ2n) is 9.09. The van der Waals surface area contributed by atoms with Gasteiger partial charge in [-0.3, -0.25) is 9.59 Å². The van der Waals surface area contributed by atoms with E-state index in [1.165, 1.54) is 25.7 Å². The molecule has 0 radical (unpaired) electrons. The van der Waals surface area contributed by atoms with Gasteiger partial charge in [0, 0.05) is 44.8 Å². The summed E-state index contributed by atoms with van der Waals surface area (Å²) in [5.74, 6) is 1.07. The van der Waals surface area contributed by atoms with Crippen molar-refractivity contribution < 1.29 is 19.1 Å². The number of amides is 2. The van der Waals surface area contributed by atoms with Crippen molar-refractivity contribution in [1.82, 2.24) is 14.7 Å². The number of nitrogens with zero attached hydrogens (tertiary/aromatic N) is 3. The van der Waals surface area contributed by atoms with Crippen LogP contribution in [-0.2, 0) is 4.79 Å². The normalized spacial score (nSPS) is 24.0. The first kappa shape index (κ1) is 21.9. The first-order chi connectivity index (χ1) is 15.0. The molecule has 170 valence electrons. The summed E-state index contributed by atoms with van der Waals surface area (Å²) in [6.45, 7) is 5.03. The van der Waals surface area contributed by atoms with Crippen LogP contribution in [0.15, 0.2) is 18.2 Å². The number of likely N-dealkylation sites (N-methyl/N-ethyl adjacent to an activating group) is 1. The number of hydrogen-bond donors (Lipinski definition) is 0. The van der Waals surface area contributed by atoms with Crippen molar-refractivity contribution in [2.24, 2.45) is 0 Å². The summed E-state index contributed by atoms with van der Waals surface area (Å²) in [5, 5.41) is 0. The highest BCUT2D eigenvalue weighted by Crippen LogP contribution is 2.33. The van der Waals surface area contributed by atoms with Crippen LogP contribution in [-0.4, -0.2) is 85.0 Å². The van der Waals surface area contributed by atoms with E-state index in [1.807, 2.05) is 6.07 Å². The average Bonchev–Trinajstić information content (AvgIpc) is 3.33. The largest absolute Gasteiger partial charge is 0.493 e. The highest BCUT2D eigenvalue weighted by atomic mass is 16.5. The minimum atomic E-state index is -0.460. The monoisotopic (exact) mass is 429 g/mol. The van der Waals surface area contributed by atoms with E-state index >= 15 is 0 Å². The molecule has 0 N–H and O–H groups in total. The molecule has 1 saturated carbocycles. The van der Waals surface area contributed by atoms with E-state index in [0.29, 0.717) is 30.2 Å². The number of ether oxygens (including phenoxy) is 2. The highest BCUT2D eigenvalue weighted by molar-refractivity contribution is 5.98. The molecule has 1 aromatic rings. The predicted octanol–water partition coefficient (Wildman–Crippen LogP) is 2.78. The standard InChI is InChI=1S/C24H35N3O4/c1-17-23(28)25(2)14-15-27(17)24(29)18-8-9-21(22(16-18)30-3)31-20-10-12-26(13-11-20)19-6-4-5-7-19/h8-9,16-17,19-20H,4-7,10-15H2,1-3H3/t17-/m0/s1. The Morgan fingerprint density at radius 1 is 1.00 bits per heavy atom. The molecule has 0 unspecified atom stereocenters. The Hall–Kier alpha value is -2.28. The summed E-state index contributed by atoms with van der Waals surface area (Å²) in [7, 11) is 3.37. The molecule has 2 heterocycles. The van der Waals surface area contributed by atoms with Gasteiger partial charge >= 0.3 is 0 Å². The maximum absolute atomic E-state index is 13.0. The highest BCUT2D eigenvalue weighted by Gasteiger charge is 2.33. The van der Waals surface area contributed by atoms with Crippen LogP contribution in [0.3, 0.4) is 0 Å². The van der Waals surface area contributed by atoms with Gasteiger partial charge < -0.3 is 24.2 Å². The van der Waals surface area contributed by atoms with Gasteiger partial charge in [0.1, 0.15) is 12.1 Å². The Balaban J connectivity index is 1.39. The van der Waals surface area contributed by atoms with Crippen LogP contribution in [0.25, 0.3) is 0 Å². The summed E-state index contributed by atoms with van der Waals surface area (Å²) in [4.78, 5) is 31.2. The van der Waals surface area contributed by atoms with Crippen molar-refractivity contribution >= 4 is 11.8 Å². The van der Waals surface area contributed by atoms with Gasteiger partial charge in [-0.15, -0.1) is 0 Å². The van der Waals surface area contributed by atoms with Crippen LogP contribution >= 0.6 is 0 Å². The molecule has 1 atom stereocenters. The van der Waals surface area contributed by atoms with Crippen LogP contribution in [0.2, 0.25) is 0 Å². The Morgan fingerprint density at radius 3 is 2.39 bits per heavy atom. The quantitative estimate of drug-likeness (QED) is 0.720. The van der Waals surface area contributed by atoms with Gasteiger partial charge in [-0.2, -0.15) is 0 Å². The molecular formula is C24H35N3O4. The Labute approximate surface area is 185 Å². The molecule has 4 rings (SSSR count). The van der Waals surface area contributed by atoms with Crippen LogP contribution in [0.1, 0.15) is 55.8 Å². The molecule has 2 amide bonds. The summed E-state index contributed by atoms with van der Waals surface area (Å²) in [5.41, 5.74) is 0.518. The molecule has 1 aliphatic carbocycles. The molecule has 0 aromatic heterocycles. The first-order valence-corrected chi connectivity index (χ1v) is 11.6. The number of piperidine rings is 1. The lowest BCUT2D eigenvalue weighted by Crippen LogP contribution is -2.56. The van der Waals surface area contributed by atoms with Gasteiger partial charge in [-0.05, 0) is 50.8 Å². The lowest BCUT2D eigenvalue weighted by molar-refractivity contribution is -0.137. The number of hydrogen-bond acceptors (Lipinski definition) is 5. The van der Waals surface area contributed by atoms with Crippen LogP contribution in [0.5, 0.6) is 11.5 Å². The van der Waals surface area contributed by atoms with E-state index in [-0.39, 0.29) is 17.9 Å². The van der Waals surface area contributed by atoms with Gasteiger partial charge in [-0.1, -0.05) is 12.8 Å². The maximum Gasteiger partial charge on any atom is 0.254 e. The summed E-state index contributed by atoms with van der Waals surface area (Å²) in [6, 6.07) is 5.66. The van der Waals surface area contributed by atoms with Gasteiger partial charge in [0.2, 0.25) is 5.91 Å². The molecule has 7 heteroatoms. The molecule has 0 bridgehead atoms. The number of carbonyl (C=O) groups excluding carboxylic acids is 2. The van der Waals surface area contributed by atoms with Crippen molar-refractivity contribution in [2.75, 3.05) is 40.3 Å². The molecule has 31 heavy (non-hydrogen) atoms. The minimum absolute atomic E-state index is 0.0320. The number of carbonyl (C=O) groups is 2. The van der Waals surface area contributed by atoms with Gasteiger partial charge in [0.15, 0.2) is 11.5 Å². The third-order valence-electron chi connectivity index (χ3n) is 7.16. The number of benzene rings is 1. The number of likely N-dealkylation sites (tertiary alicyclic amines) is 1. The summed E-state index contributed by atoms with van der Waals surface area (Å²) >= 11 is 0. The summed E-state index contributed by atoms with van der Waals surface area (Å²) < 4.78 is 11.8. The SMILES string of the molecule is COc1cc(C(=O)N2CCN(C)C(=O)[C@@H]2C)ccc1OC1CCN(C2CCCC2)CC1. The maximum atomic E-state index is 13.0. The fourth-order valence-electron chi connectivity index (χ4n) is 5.16. The van der Waals surface area contributed by atoms with E-state index in [2.05, 4.69) is 4.90 Å². The zero-order chi connectivity index (χ0) is 22.0. The van der Waals surface area contributed by atoms with Crippen LogP contribution in [0.4, 0.5) is 0 Å². The molecule has 7 nitrogen and oxygen atoms in total. The van der Waals surface area contributed by atoms with Crippen molar-refractivity contribution in [2.45, 2.75) is 63.6 Å². The van der Waals surface area contributed by atoms with Crippen LogP contribution < -0.4 is 9.47 Å². The zero-order valence-electron chi connectivity index (χ0n) is 19.0. The van der Waals surface area contributed by atoms with Crippen molar-refractivity contribution in [3.63, 3.8) is 0 Å². The third kappa shape index (κ3) is 4.66. The van der Waals surface area contributed by atoms with Crippen LogP contribution in [0, 0.1) is 0 Å². The molecule has 3 aliphatic rings. The van der Waals surface area contributed by atoms with E-state index < -0.39 is 6.04 Å². The molecule has 2 saturated heterocycles. The van der Waals surface area contributed by atoms with E-state index in [4.69, 9.17) is 9.47 Å². The molecule has 3 fully saturated rings. The predicted molar refractivity (Wildman–Crippen MR) is 119 cm³/mol. The fourth-order valence-corrected chi connectivity index (χ4v) is 5.16. The second kappa shape index (κ2) is 9.47. The Kier molecular flexibility index (Phi) is 6.70. The molecular weight excluding hydrogens is 394 g/mol. The molecule has 1 aromatic carbocycles. The third-order valence-corrected chi connectivity index (χ3v) is 7.16. The Morgan fingerprint density at radius 2 is 1.71 bits per heavy atom. The fraction of sp³-hybridized carbons (Fsp3) is 0.667. The number of methoxy groups -OCH3 is 1. The second-order valence-corrected chi connectivity index (χ2v) is 9.09. The lowest BCUT2D eigenvalue weighted by Gasteiger charge is -2.37. The lowest BCUT2D eigenvalue weighted by atomic mass is 10.0. The zero-order valence-corrected chi connectivity index (χ0v) is 19.0. The van der Waals surface area contributed by atoms with E-state index in [0.717, 1.165) is 32.0 Å². The van der Waals surface area contributed by atoms with Gasteiger partial charge in [0.05, 0.1) is 7.11 Å². The molecule has 0 spiro atoms. The number of rotatable bonds is 5. The molecule has 2 aliphatic heterocycles. The van der Waals surface area contributed by atoms with E-state index in [9.17, 15) is 9.59 Å². The average molecular weight is 430 g/mol. The minimum Gasteiger partial charge on any atom is -0.493 e. The van der Waals surface area contributed by atoms with Crippen molar-refractivity contribution in [3.8, 4) is 11.5 Å². The smallest absolute Gasteiger partial charge is 0.254 e.